The molecule has 1 aliphatic carbocycles. The van der Waals surface area contributed by atoms with E-state index in [1.807, 2.05) is 60.6 Å². The summed E-state index contributed by atoms with van der Waals surface area (Å²) in [4.78, 5) is 26.6. The number of rotatable bonds is 5. The number of imide groups is 1. The van der Waals surface area contributed by atoms with Crippen LogP contribution in [-0.2, 0) is 9.47 Å². The van der Waals surface area contributed by atoms with Crippen molar-refractivity contribution < 1.29 is 19.1 Å². The van der Waals surface area contributed by atoms with Crippen molar-refractivity contribution in [1.82, 2.24) is 4.90 Å². The molecule has 5 heteroatoms. The minimum absolute atomic E-state index is 0.171. The number of allylic oxidation sites excluding steroid dienone is 1. The van der Waals surface area contributed by atoms with Gasteiger partial charge in [0.1, 0.15) is 11.2 Å². The van der Waals surface area contributed by atoms with Crippen LogP contribution in [0.3, 0.4) is 0 Å². The number of carbonyl (C=O) groups is 2. The second kappa shape index (κ2) is 8.04. The van der Waals surface area contributed by atoms with Gasteiger partial charge in [-0.1, -0.05) is 32.9 Å². The highest BCUT2D eigenvalue weighted by Gasteiger charge is 2.39. The van der Waals surface area contributed by atoms with Gasteiger partial charge in [0.2, 0.25) is 0 Å². The van der Waals surface area contributed by atoms with Gasteiger partial charge in [-0.3, -0.25) is 0 Å². The Kier molecular flexibility index (Phi) is 6.87. The second-order valence-electron chi connectivity index (χ2n) is 7.81. The zero-order valence-electron chi connectivity index (χ0n) is 16.2. The molecule has 2 atom stereocenters. The zero-order valence-corrected chi connectivity index (χ0v) is 16.2. The number of amides is 2. The summed E-state index contributed by atoms with van der Waals surface area (Å²) in [5.41, 5.74) is -1.25. The molecular formula is C19H33NO4. The predicted molar refractivity (Wildman–Crippen MR) is 94.9 cm³/mol. The largest absolute Gasteiger partial charge is 0.443 e. The summed E-state index contributed by atoms with van der Waals surface area (Å²) < 4.78 is 11.1. The van der Waals surface area contributed by atoms with E-state index in [0.29, 0.717) is 12.8 Å². The van der Waals surface area contributed by atoms with Crippen molar-refractivity contribution in [3.8, 4) is 0 Å². The summed E-state index contributed by atoms with van der Waals surface area (Å²) in [6.45, 7) is 13.3. The molecule has 2 amide bonds. The van der Waals surface area contributed by atoms with Gasteiger partial charge < -0.3 is 9.47 Å². The molecule has 138 valence electrons. The first-order valence-corrected chi connectivity index (χ1v) is 8.95. The predicted octanol–water partition coefficient (Wildman–Crippen LogP) is 5.29. The maximum Gasteiger partial charge on any atom is 0.420 e. The van der Waals surface area contributed by atoms with Crippen LogP contribution in [0.15, 0.2) is 12.2 Å². The lowest BCUT2D eigenvalue weighted by atomic mass is 9.90. The van der Waals surface area contributed by atoms with E-state index < -0.39 is 23.4 Å². The van der Waals surface area contributed by atoms with E-state index in [-0.39, 0.29) is 12.0 Å². The smallest absolute Gasteiger partial charge is 0.420 e. The van der Waals surface area contributed by atoms with Crippen LogP contribution in [0.25, 0.3) is 0 Å². The molecule has 0 spiro atoms. The fourth-order valence-electron chi connectivity index (χ4n) is 2.33. The monoisotopic (exact) mass is 339 g/mol. The summed E-state index contributed by atoms with van der Waals surface area (Å²) in [7, 11) is 0. The Hall–Kier alpha value is -1.52. The van der Waals surface area contributed by atoms with Gasteiger partial charge in [0.15, 0.2) is 0 Å². The van der Waals surface area contributed by atoms with Crippen molar-refractivity contribution in [2.75, 3.05) is 0 Å². The number of carbonyl (C=O) groups excluding carboxylic acids is 2. The van der Waals surface area contributed by atoms with Crippen LogP contribution in [0.4, 0.5) is 9.59 Å². The topological polar surface area (TPSA) is 55.8 Å². The van der Waals surface area contributed by atoms with E-state index in [2.05, 4.69) is 0 Å². The third-order valence-corrected chi connectivity index (χ3v) is 4.83. The molecule has 0 fully saturated rings. The molecule has 0 aliphatic heterocycles. The molecule has 0 radical (unpaired) electrons. The van der Waals surface area contributed by atoms with Crippen molar-refractivity contribution in [3.05, 3.63) is 12.2 Å². The van der Waals surface area contributed by atoms with E-state index in [1.165, 1.54) is 0 Å². The van der Waals surface area contributed by atoms with Crippen molar-refractivity contribution in [3.63, 3.8) is 0 Å². The molecule has 0 N–H and O–H groups in total. The molecule has 0 saturated heterocycles. The zero-order chi connectivity index (χ0) is 18.5. The Balaban J connectivity index is 3.07. The van der Waals surface area contributed by atoms with Crippen molar-refractivity contribution in [2.24, 2.45) is 5.92 Å². The Bertz CT molecular complexity index is 452. The van der Waals surface area contributed by atoms with Gasteiger partial charge in [-0.15, -0.1) is 0 Å². The molecule has 5 nitrogen and oxygen atoms in total. The lowest BCUT2D eigenvalue weighted by Gasteiger charge is -2.36. The van der Waals surface area contributed by atoms with Gasteiger partial charge in [-0.05, 0) is 59.3 Å². The second-order valence-corrected chi connectivity index (χ2v) is 7.81. The van der Waals surface area contributed by atoms with Crippen molar-refractivity contribution >= 4 is 12.2 Å². The van der Waals surface area contributed by atoms with Crippen molar-refractivity contribution in [1.29, 1.82) is 0 Å². The normalized spacial score (nSPS) is 21.3. The minimum Gasteiger partial charge on any atom is -0.443 e. The van der Waals surface area contributed by atoms with E-state index in [0.717, 1.165) is 17.7 Å². The molecule has 0 aromatic heterocycles. The van der Waals surface area contributed by atoms with Crippen LogP contribution >= 0.6 is 0 Å². The SMILES string of the molecule is CCC(C)(C)OC(=O)N(C(=O)OC(C)(C)CC)C1C=CCCC1C. The summed E-state index contributed by atoms with van der Waals surface area (Å²) in [5, 5.41) is 0. The lowest BCUT2D eigenvalue weighted by Crippen LogP contribution is -2.51. The van der Waals surface area contributed by atoms with Crippen LogP contribution in [0.5, 0.6) is 0 Å². The summed E-state index contributed by atoms with van der Waals surface area (Å²) in [6.07, 6.45) is 5.85. The lowest BCUT2D eigenvalue weighted by molar-refractivity contribution is -0.0200. The van der Waals surface area contributed by atoms with Crippen LogP contribution < -0.4 is 0 Å². The summed E-state index contributed by atoms with van der Waals surface area (Å²) in [6, 6.07) is -0.334. The average molecular weight is 339 g/mol. The highest BCUT2D eigenvalue weighted by atomic mass is 16.6. The quantitative estimate of drug-likeness (QED) is 0.638. The van der Waals surface area contributed by atoms with E-state index in [9.17, 15) is 9.59 Å². The Morgan fingerprint density at radius 2 is 1.50 bits per heavy atom. The van der Waals surface area contributed by atoms with E-state index in [4.69, 9.17) is 9.47 Å². The molecule has 0 bridgehead atoms. The molecule has 0 saturated carbocycles. The first-order chi connectivity index (χ1) is 11.0. The van der Waals surface area contributed by atoms with E-state index in [1.54, 1.807) is 0 Å². The third-order valence-electron chi connectivity index (χ3n) is 4.83. The summed E-state index contributed by atoms with van der Waals surface area (Å²) >= 11 is 0. The van der Waals surface area contributed by atoms with E-state index >= 15 is 0 Å². The molecule has 1 aliphatic rings. The van der Waals surface area contributed by atoms with Gasteiger partial charge >= 0.3 is 12.2 Å². The highest BCUT2D eigenvalue weighted by Crippen LogP contribution is 2.27. The fraction of sp³-hybridized carbons (Fsp3) is 0.789. The van der Waals surface area contributed by atoms with Crippen molar-refractivity contribution in [2.45, 2.75) is 91.4 Å². The molecule has 1 rings (SSSR count). The van der Waals surface area contributed by atoms with Gasteiger partial charge in [0, 0.05) is 0 Å². The Morgan fingerprint density at radius 3 is 1.88 bits per heavy atom. The van der Waals surface area contributed by atoms with Crippen LogP contribution in [0.1, 0.15) is 74.1 Å². The number of hydrogen-bond donors (Lipinski definition) is 0. The molecule has 0 aromatic carbocycles. The van der Waals surface area contributed by atoms with Gasteiger partial charge in [0.05, 0.1) is 6.04 Å². The van der Waals surface area contributed by atoms with Gasteiger partial charge in [-0.2, -0.15) is 0 Å². The molecule has 24 heavy (non-hydrogen) atoms. The molecule has 0 heterocycles. The standard InChI is InChI=1S/C19H33NO4/c1-8-18(4,5)23-16(21)20(15-13-11-10-12-14(15)3)17(22)24-19(6,7)9-2/h11,13-15H,8-10,12H2,1-7H3. The van der Waals surface area contributed by atoms with Gasteiger partial charge in [0.25, 0.3) is 0 Å². The molecule has 0 aromatic rings. The Morgan fingerprint density at radius 1 is 1.04 bits per heavy atom. The van der Waals surface area contributed by atoms with Crippen LogP contribution in [-0.4, -0.2) is 34.3 Å². The highest BCUT2D eigenvalue weighted by molar-refractivity contribution is 5.89. The van der Waals surface area contributed by atoms with Gasteiger partial charge in [-0.25, -0.2) is 14.5 Å². The average Bonchev–Trinajstić information content (AvgIpc) is 2.48. The number of nitrogens with zero attached hydrogens (tertiary/aromatic N) is 1. The fourth-order valence-corrected chi connectivity index (χ4v) is 2.33. The summed E-state index contributed by atoms with van der Waals surface area (Å²) in [5.74, 6) is 0.171. The molecular weight excluding hydrogens is 306 g/mol. The number of ether oxygens (including phenoxy) is 2. The number of hydrogen-bond acceptors (Lipinski definition) is 4. The Labute approximate surface area is 146 Å². The third kappa shape index (κ3) is 5.53. The first-order valence-electron chi connectivity index (χ1n) is 8.95. The molecule has 2 unspecified atom stereocenters. The minimum atomic E-state index is -0.637. The van der Waals surface area contributed by atoms with Crippen LogP contribution in [0.2, 0.25) is 0 Å². The van der Waals surface area contributed by atoms with Crippen LogP contribution in [0, 0.1) is 5.92 Å². The first kappa shape index (κ1) is 20.5. The maximum absolute atomic E-state index is 12.7. The maximum atomic E-state index is 12.7.